The van der Waals surface area contributed by atoms with Gasteiger partial charge in [0.1, 0.15) is 0 Å². The fraction of sp³-hybridized carbons (Fsp3) is 0.357. The summed E-state index contributed by atoms with van der Waals surface area (Å²) in [6.07, 6.45) is -3.58. The lowest BCUT2D eigenvalue weighted by Gasteiger charge is -2.30. The van der Waals surface area contributed by atoms with Crippen molar-refractivity contribution < 1.29 is 18.0 Å². The van der Waals surface area contributed by atoms with Gasteiger partial charge in [-0.25, -0.2) is 0 Å². The van der Waals surface area contributed by atoms with E-state index in [9.17, 15) is 18.0 Å². The van der Waals surface area contributed by atoms with Gasteiger partial charge in [-0.15, -0.1) is 6.58 Å². The molecule has 0 bridgehead atoms. The van der Waals surface area contributed by atoms with Gasteiger partial charge in [-0.3, -0.25) is 4.79 Å². The molecule has 0 fully saturated rings. The molecule has 19 heavy (non-hydrogen) atoms. The topological polar surface area (TPSA) is 20.3 Å². The van der Waals surface area contributed by atoms with Gasteiger partial charge in [0.15, 0.2) is 0 Å². The summed E-state index contributed by atoms with van der Waals surface area (Å²) >= 11 is 0. The van der Waals surface area contributed by atoms with Crippen molar-refractivity contribution >= 4 is 5.91 Å². The highest BCUT2D eigenvalue weighted by Gasteiger charge is 2.43. The van der Waals surface area contributed by atoms with Crippen molar-refractivity contribution in [3.63, 3.8) is 0 Å². The molecule has 0 heterocycles. The Balaban J connectivity index is 3.10. The smallest absolute Gasteiger partial charge is 0.324 e. The first-order valence-corrected chi connectivity index (χ1v) is 5.83. The first-order chi connectivity index (χ1) is 8.79. The predicted molar refractivity (Wildman–Crippen MR) is 67.6 cm³/mol. The predicted octanol–water partition coefficient (Wildman–Crippen LogP) is 3.63. The van der Waals surface area contributed by atoms with E-state index in [-0.39, 0.29) is 6.54 Å². The number of nitrogens with zero attached hydrogens (tertiary/aromatic N) is 1. The van der Waals surface area contributed by atoms with Crippen molar-refractivity contribution in [3.8, 4) is 0 Å². The van der Waals surface area contributed by atoms with Crippen LogP contribution in [-0.4, -0.2) is 23.5 Å². The van der Waals surface area contributed by atoms with E-state index < -0.39 is 18.1 Å². The van der Waals surface area contributed by atoms with E-state index in [1.165, 1.54) is 6.08 Å². The quantitative estimate of drug-likeness (QED) is 0.766. The molecular formula is C14H16F3NO. The summed E-state index contributed by atoms with van der Waals surface area (Å²) in [6, 6.07) is 6.40. The summed E-state index contributed by atoms with van der Waals surface area (Å²) in [6.45, 7) is 6.64. The van der Waals surface area contributed by atoms with Gasteiger partial charge in [0, 0.05) is 6.54 Å². The van der Waals surface area contributed by atoms with E-state index in [1.807, 2.05) is 0 Å². The van der Waals surface area contributed by atoms with Gasteiger partial charge >= 0.3 is 12.1 Å². The van der Waals surface area contributed by atoms with Crippen LogP contribution in [-0.2, 0) is 4.79 Å². The molecule has 1 aromatic rings. The van der Waals surface area contributed by atoms with Crippen molar-refractivity contribution in [2.45, 2.75) is 26.1 Å². The molecule has 0 radical (unpaired) electrons. The highest BCUT2D eigenvalue weighted by molar-refractivity contribution is 5.82. The molecule has 0 N–H and O–H groups in total. The maximum Gasteiger partial charge on any atom is 0.471 e. The maximum atomic E-state index is 12.6. The molecule has 0 saturated heterocycles. The molecule has 2 nitrogen and oxygen atoms in total. The Kier molecular flexibility index (Phi) is 4.75. The standard InChI is InChI=1S/C14H16F3NO/c1-4-9-18(13(19)14(15,16)17)11(3)12-8-6-5-7-10(12)2/h4-8,11H,1,9H2,2-3H3. The van der Waals surface area contributed by atoms with E-state index >= 15 is 0 Å². The molecule has 0 aromatic heterocycles. The minimum atomic E-state index is -4.88. The van der Waals surface area contributed by atoms with E-state index in [4.69, 9.17) is 0 Å². The zero-order valence-electron chi connectivity index (χ0n) is 10.9. The molecule has 1 amide bonds. The zero-order chi connectivity index (χ0) is 14.6. The summed E-state index contributed by atoms with van der Waals surface area (Å²) in [4.78, 5) is 12.2. The van der Waals surface area contributed by atoms with E-state index in [0.717, 1.165) is 10.5 Å². The van der Waals surface area contributed by atoms with Crippen LogP contribution >= 0.6 is 0 Å². The van der Waals surface area contributed by atoms with Crippen molar-refractivity contribution in [1.29, 1.82) is 0 Å². The molecule has 0 aliphatic carbocycles. The molecular weight excluding hydrogens is 255 g/mol. The second-order valence-electron chi connectivity index (χ2n) is 4.28. The number of benzene rings is 1. The van der Waals surface area contributed by atoms with Crippen molar-refractivity contribution in [1.82, 2.24) is 4.90 Å². The van der Waals surface area contributed by atoms with Crippen LogP contribution in [0.2, 0.25) is 0 Å². The normalized spacial score (nSPS) is 12.9. The molecule has 0 saturated carbocycles. The number of hydrogen-bond acceptors (Lipinski definition) is 1. The molecule has 104 valence electrons. The third-order valence-corrected chi connectivity index (χ3v) is 2.94. The Morgan fingerprint density at radius 2 is 2.00 bits per heavy atom. The minimum absolute atomic E-state index is 0.145. The zero-order valence-corrected chi connectivity index (χ0v) is 10.9. The van der Waals surface area contributed by atoms with E-state index in [2.05, 4.69) is 6.58 Å². The Labute approximate surface area is 110 Å². The fourth-order valence-corrected chi connectivity index (χ4v) is 1.94. The summed E-state index contributed by atoms with van der Waals surface area (Å²) in [5.74, 6) is -1.84. The number of carbonyl (C=O) groups excluding carboxylic acids is 1. The molecule has 0 aliphatic rings. The Bertz CT molecular complexity index is 468. The van der Waals surface area contributed by atoms with Crippen LogP contribution in [0, 0.1) is 6.92 Å². The molecule has 1 aromatic carbocycles. The number of rotatable bonds is 4. The summed E-state index contributed by atoms with van der Waals surface area (Å²) in [5.41, 5.74) is 1.54. The minimum Gasteiger partial charge on any atom is -0.324 e. The lowest BCUT2D eigenvalue weighted by atomic mass is 10.0. The summed E-state index contributed by atoms with van der Waals surface area (Å²) < 4.78 is 37.7. The lowest BCUT2D eigenvalue weighted by molar-refractivity contribution is -0.187. The SMILES string of the molecule is C=CCN(C(=O)C(F)(F)F)C(C)c1ccccc1C. The fourth-order valence-electron chi connectivity index (χ4n) is 1.94. The third-order valence-electron chi connectivity index (χ3n) is 2.94. The van der Waals surface area contributed by atoms with E-state index in [0.29, 0.717) is 5.56 Å². The Morgan fingerprint density at radius 3 is 2.47 bits per heavy atom. The van der Waals surface area contributed by atoms with Gasteiger partial charge in [0.25, 0.3) is 0 Å². The highest BCUT2D eigenvalue weighted by atomic mass is 19.4. The van der Waals surface area contributed by atoms with Gasteiger partial charge in [-0.05, 0) is 25.0 Å². The Hall–Kier alpha value is -1.78. The van der Waals surface area contributed by atoms with E-state index in [1.54, 1.807) is 38.1 Å². The molecule has 1 atom stereocenters. The number of aryl methyl sites for hydroxylation is 1. The first kappa shape index (κ1) is 15.3. The van der Waals surface area contributed by atoms with Crippen LogP contribution in [0.3, 0.4) is 0 Å². The lowest BCUT2D eigenvalue weighted by Crippen LogP contribution is -2.42. The number of hydrogen-bond donors (Lipinski definition) is 0. The van der Waals surface area contributed by atoms with Crippen LogP contribution in [0.25, 0.3) is 0 Å². The van der Waals surface area contributed by atoms with Crippen LogP contribution in [0.1, 0.15) is 24.1 Å². The van der Waals surface area contributed by atoms with Crippen LogP contribution in [0.5, 0.6) is 0 Å². The van der Waals surface area contributed by atoms with Gasteiger partial charge in [0.05, 0.1) is 6.04 Å². The average molecular weight is 271 g/mol. The molecule has 1 unspecified atom stereocenters. The van der Waals surface area contributed by atoms with Crippen LogP contribution < -0.4 is 0 Å². The van der Waals surface area contributed by atoms with Crippen molar-refractivity contribution in [3.05, 3.63) is 48.0 Å². The second-order valence-corrected chi connectivity index (χ2v) is 4.28. The largest absolute Gasteiger partial charge is 0.471 e. The number of carbonyl (C=O) groups is 1. The van der Waals surface area contributed by atoms with Crippen molar-refractivity contribution in [2.24, 2.45) is 0 Å². The second kappa shape index (κ2) is 5.91. The highest BCUT2D eigenvalue weighted by Crippen LogP contribution is 2.28. The molecule has 0 spiro atoms. The van der Waals surface area contributed by atoms with Gasteiger partial charge < -0.3 is 4.90 Å². The average Bonchev–Trinajstić information content (AvgIpc) is 2.34. The monoisotopic (exact) mass is 271 g/mol. The first-order valence-electron chi connectivity index (χ1n) is 5.83. The number of halogens is 3. The van der Waals surface area contributed by atoms with Gasteiger partial charge in [0.2, 0.25) is 0 Å². The van der Waals surface area contributed by atoms with Gasteiger partial charge in [-0.1, -0.05) is 30.3 Å². The molecule has 0 aliphatic heterocycles. The van der Waals surface area contributed by atoms with Gasteiger partial charge in [-0.2, -0.15) is 13.2 Å². The summed E-state index contributed by atoms with van der Waals surface area (Å²) in [5, 5.41) is 0. The number of amides is 1. The third kappa shape index (κ3) is 3.59. The summed E-state index contributed by atoms with van der Waals surface area (Å²) in [7, 11) is 0. The molecule has 5 heteroatoms. The number of alkyl halides is 3. The van der Waals surface area contributed by atoms with Crippen LogP contribution in [0.15, 0.2) is 36.9 Å². The molecule has 1 rings (SSSR count). The van der Waals surface area contributed by atoms with Crippen LogP contribution in [0.4, 0.5) is 13.2 Å². The maximum absolute atomic E-state index is 12.6. The Morgan fingerprint density at radius 1 is 1.42 bits per heavy atom. The van der Waals surface area contributed by atoms with Crippen molar-refractivity contribution in [2.75, 3.05) is 6.54 Å².